The number of nitrogens with zero attached hydrogens (tertiary/aromatic N) is 1. The van der Waals surface area contributed by atoms with Gasteiger partial charge in [0.1, 0.15) is 5.78 Å². The van der Waals surface area contributed by atoms with E-state index >= 15 is 0 Å². The molecule has 1 aromatic rings. The molecular weight excluding hydrogens is 266 g/mol. The predicted molar refractivity (Wildman–Crippen MR) is 81.2 cm³/mol. The van der Waals surface area contributed by atoms with E-state index in [1.807, 2.05) is 23.8 Å². The van der Waals surface area contributed by atoms with Crippen LogP contribution in [0.5, 0.6) is 0 Å². The number of aryl methyl sites for hydroxylation is 1. The number of rotatable bonds is 2. The summed E-state index contributed by atoms with van der Waals surface area (Å²) in [4.78, 5) is 24.4. The van der Waals surface area contributed by atoms with Gasteiger partial charge in [-0.3, -0.25) is 9.59 Å². The highest BCUT2D eigenvalue weighted by atomic mass is 16.1. The second-order valence-corrected chi connectivity index (χ2v) is 6.40. The van der Waals surface area contributed by atoms with Gasteiger partial charge in [-0.25, -0.2) is 0 Å². The zero-order valence-electron chi connectivity index (χ0n) is 12.4. The Kier molecular flexibility index (Phi) is 3.95. The highest BCUT2D eigenvalue weighted by Gasteiger charge is 2.40. The molecule has 2 fully saturated rings. The molecule has 0 aromatic carbocycles. The average Bonchev–Trinajstić information content (AvgIpc) is 2.49. The Morgan fingerprint density at radius 2 is 2.14 bits per heavy atom. The maximum Gasteiger partial charge on any atom is 0.250 e. The normalized spacial score (nSPS) is 32.8. The van der Waals surface area contributed by atoms with E-state index in [1.54, 1.807) is 6.07 Å². The molecule has 4 atom stereocenters. The molecule has 4 unspecified atom stereocenters. The number of ketones is 1. The van der Waals surface area contributed by atoms with Crippen LogP contribution < -0.4 is 16.6 Å². The van der Waals surface area contributed by atoms with Gasteiger partial charge in [0.05, 0.1) is 0 Å². The van der Waals surface area contributed by atoms with Crippen LogP contribution in [0.15, 0.2) is 23.1 Å². The summed E-state index contributed by atoms with van der Waals surface area (Å²) in [7, 11) is 0. The standard InChI is InChI=1S/C16H23N3O2/c1-10-2-5-16(21)19(9-10)12-3-4-14-13(7-12)15(20)6-11(8-17)18-14/h2,5,9,11-14,18H,3-4,6-8,17H2,1H3. The first kappa shape index (κ1) is 14.5. The molecular formula is C16H23N3O2. The van der Waals surface area contributed by atoms with Gasteiger partial charge in [-0.15, -0.1) is 0 Å². The molecule has 5 nitrogen and oxygen atoms in total. The van der Waals surface area contributed by atoms with Gasteiger partial charge in [0, 0.05) is 49.3 Å². The van der Waals surface area contributed by atoms with E-state index in [0.717, 1.165) is 24.8 Å². The number of aromatic nitrogens is 1. The van der Waals surface area contributed by atoms with Crippen molar-refractivity contribution in [2.45, 2.75) is 50.7 Å². The van der Waals surface area contributed by atoms with E-state index in [-0.39, 0.29) is 29.6 Å². The van der Waals surface area contributed by atoms with Gasteiger partial charge in [0.25, 0.3) is 5.56 Å². The Morgan fingerprint density at radius 3 is 2.90 bits per heavy atom. The van der Waals surface area contributed by atoms with Gasteiger partial charge in [0.15, 0.2) is 0 Å². The number of carbonyl (C=O) groups is 1. The van der Waals surface area contributed by atoms with Crippen LogP contribution in [0.25, 0.3) is 0 Å². The Labute approximate surface area is 124 Å². The minimum absolute atomic E-state index is 0.0268. The zero-order chi connectivity index (χ0) is 15.0. The molecule has 3 rings (SSSR count). The zero-order valence-corrected chi connectivity index (χ0v) is 12.4. The number of carbonyl (C=O) groups excluding carboxylic acids is 1. The molecule has 5 heteroatoms. The van der Waals surface area contributed by atoms with Crippen LogP contribution in [0.2, 0.25) is 0 Å². The number of Topliss-reactive ketones (excluding diaryl/α,β-unsaturated/α-hetero) is 1. The SMILES string of the molecule is Cc1ccc(=O)n(C2CCC3NC(CN)CC(=O)C3C2)c1. The molecule has 1 aliphatic carbocycles. The topological polar surface area (TPSA) is 77.1 Å². The molecule has 114 valence electrons. The van der Waals surface area contributed by atoms with E-state index in [0.29, 0.717) is 18.7 Å². The van der Waals surface area contributed by atoms with Crippen LogP contribution in [-0.4, -0.2) is 29.0 Å². The van der Waals surface area contributed by atoms with E-state index < -0.39 is 0 Å². The van der Waals surface area contributed by atoms with Gasteiger partial charge in [0.2, 0.25) is 0 Å². The summed E-state index contributed by atoms with van der Waals surface area (Å²) < 4.78 is 1.81. The Hall–Kier alpha value is -1.46. The summed E-state index contributed by atoms with van der Waals surface area (Å²) in [5.74, 6) is 0.332. The summed E-state index contributed by atoms with van der Waals surface area (Å²) in [6, 6.07) is 3.95. The summed E-state index contributed by atoms with van der Waals surface area (Å²) in [6.45, 7) is 2.50. The minimum atomic E-state index is 0.0268. The minimum Gasteiger partial charge on any atom is -0.329 e. The third-order valence-electron chi connectivity index (χ3n) is 4.90. The number of fused-ring (bicyclic) bond motifs is 1. The second kappa shape index (κ2) is 5.73. The summed E-state index contributed by atoms with van der Waals surface area (Å²) >= 11 is 0. The number of nitrogens with two attached hydrogens (primary N) is 1. The van der Waals surface area contributed by atoms with E-state index in [9.17, 15) is 9.59 Å². The lowest BCUT2D eigenvalue weighted by atomic mass is 9.74. The van der Waals surface area contributed by atoms with Crippen LogP contribution in [0.3, 0.4) is 0 Å². The molecule has 1 aliphatic heterocycles. The third kappa shape index (κ3) is 2.80. The van der Waals surface area contributed by atoms with Crippen molar-refractivity contribution in [1.29, 1.82) is 0 Å². The number of nitrogens with one attached hydrogen (secondary N) is 1. The molecule has 0 bridgehead atoms. The molecule has 3 N–H and O–H groups in total. The number of pyridine rings is 1. The monoisotopic (exact) mass is 289 g/mol. The largest absolute Gasteiger partial charge is 0.329 e. The third-order valence-corrected chi connectivity index (χ3v) is 4.90. The van der Waals surface area contributed by atoms with Crippen molar-refractivity contribution in [2.75, 3.05) is 6.54 Å². The van der Waals surface area contributed by atoms with Crippen LogP contribution in [-0.2, 0) is 4.79 Å². The van der Waals surface area contributed by atoms with Gasteiger partial charge >= 0.3 is 0 Å². The lowest BCUT2D eigenvalue weighted by molar-refractivity contribution is -0.128. The van der Waals surface area contributed by atoms with Crippen molar-refractivity contribution < 1.29 is 4.79 Å². The van der Waals surface area contributed by atoms with E-state index in [2.05, 4.69) is 5.32 Å². The fourth-order valence-corrected chi connectivity index (χ4v) is 3.76. The van der Waals surface area contributed by atoms with E-state index in [1.165, 1.54) is 0 Å². The number of hydrogen-bond donors (Lipinski definition) is 2. The fourth-order valence-electron chi connectivity index (χ4n) is 3.76. The van der Waals surface area contributed by atoms with Crippen LogP contribution >= 0.6 is 0 Å². The molecule has 1 saturated carbocycles. The van der Waals surface area contributed by atoms with Crippen molar-refractivity contribution in [3.63, 3.8) is 0 Å². The maximum atomic E-state index is 12.3. The van der Waals surface area contributed by atoms with Crippen molar-refractivity contribution in [2.24, 2.45) is 11.7 Å². The molecule has 0 spiro atoms. The molecule has 1 aromatic heterocycles. The number of hydrogen-bond acceptors (Lipinski definition) is 4. The van der Waals surface area contributed by atoms with Crippen molar-refractivity contribution in [1.82, 2.24) is 9.88 Å². The molecule has 0 radical (unpaired) electrons. The first-order chi connectivity index (χ1) is 10.1. The highest BCUT2D eigenvalue weighted by Crippen LogP contribution is 2.35. The van der Waals surface area contributed by atoms with Crippen molar-refractivity contribution in [3.8, 4) is 0 Å². The van der Waals surface area contributed by atoms with Crippen molar-refractivity contribution >= 4 is 5.78 Å². The Bertz CT molecular complexity index is 595. The lowest BCUT2D eigenvalue weighted by Crippen LogP contribution is -2.56. The quantitative estimate of drug-likeness (QED) is 0.842. The summed E-state index contributed by atoms with van der Waals surface area (Å²) in [5, 5.41) is 3.50. The molecule has 2 heterocycles. The maximum absolute atomic E-state index is 12.3. The van der Waals surface area contributed by atoms with Crippen LogP contribution in [0, 0.1) is 12.8 Å². The van der Waals surface area contributed by atoms with E-state index in [4.69, 9.17) is 5.73 Å². The molecule has 21 heavy (non-hydrogen) atoms. The first-order valence-corrected chi connectivity index (χ1v) is 7.76. The molecule has 2 aliphatic rings. The summed E-state index contributed by atoms with van der Waals surface area (Å²) in [5.41, 5.74) is 6.79. The molecule has 1 saturated heterocycles. The van der Waals surface area contributed by atoms with Gasteiger partial charge in [-0.05, 0) is 31.7 Å². The smallest absolute Gasteiger partial charge is 0.250 e. The average molecular weight is 289 g/mol. The fraction of sp³-hybridized carbons (Fsp3) is 0.625. The summed E-state index contributed by atoms with van der Waals surface area (Å²) in [6.07, 6.45) is 5.06. The lowest BCUT2D eigenvalue weighted by Gasteiger charge is -2.42. The predicted octanol–water partition coefficient (Wildman–Crippen LogP) is 0.756. The van der Waals surface area contributed by atoms with Crippen molar-refractivity contribution in [3.05, 3.63) is 34.2 Å². The van der Waals surface area contributed by atoms with Gasteiger partial charge in [-0.1, -0.05) is 6.07 Å². The van der Waals surface area contributed by atoms with Gasteiger partial charge < -0.3 is 15.6 Å². The Balaban J connectivity index is 1.80. The number of piperidine rings is 1. The molecule has 0 amide bonds. The van der Waals surface area contributed by atoms with Crippen LogP contribution in [0.4, 0.5) is 0 Å². The van der Waals surface area contributed by atoms with Crippen LogP contribution in [0.1, 0.15) is 37.3 Å². The first-order valence-electron chi connectivity index (χ1n) is 7.76. The Morgan fingerprint density at radius 1 is 1.33 bits per heavy atom. The second-order valence-electron chi connectivity index (χ2n) is 6.40. The van der Waals surface area contributed by atoms with Gasteiger partial charge in [-0.2, -0.15) is 0 Å². The highest BCUT2D eigenvalue weighted by molar-refractivity contribution is 5.83.